The highest BCUT2D eigenvalue weighted by Gasteiger charge is 2.28. The molecule has 0 radical (unpaired) electrons. The Labute approximate surface area is 59.0 Å². The van der Waals surface area contributed by atoms with Crippen molar-refractivity contribution in [3.05, 3.63) is 0 Å². The smallest absolute Gasteiger partial charge is 0.329 e. The molecule has 58 valence electrons. The lowest BCUT2D eigenvalue weighted by Crippen LogP contribution is -2.46. The van der Waals surface area contributed by atoms with E-state index in [0.717, 1.165) is 12.8 Å². The summed E-state index contributed by atoms with van der Waals surface area (Å²) in [4.78, 5) is 9.98. The summed E-state index contributed by atoms with van der Waals surface area (Å²) in [6.45, 7) is -0.224. The maximum atomic E-state index is 9.98. The Morgan fingerprint density at radius 2 is 2.40 bits per heavy atom. The molecule has 0 heterocycles. The van der Waals surface area contributed by atoms with Crippen LogP contribution in [0.4, 0.5) is 0 Å². The van der Waals surface area contributed by atoms with Gasteiger partial charge >= 0.3 is 5.97 Å². The average molecular weight is 145 g/mol. The Morgan fingerprint density at radius 3 is 2.70 bits per heavy atom. The van der Waals surface area contributed by atoms with E-state index in [2.05, 4.69) is 0 Å². The minimum atomic E-state index is -0.931. The van der Waals surface area contributed by atoms with Gasteiger partial charge in [-0.3, -0.25) is 0 Å². The van der Waals surface area contributed by atoms with Crippen LogP contribution in [0.5, 0.6) is 0 Å². The van der Waals surface area contributed by atoms with Crippen LogP contribution in [0.15, 0.2) is 0 Å². The van der Waals surface area contributed by atoms with E-state index in [0.29, 0.717) is 0 Å². The molecule has 1 saturated carbocycles. The summed E-state index contributed by atoms with van der Waals surface area (Å²) in [6.07, 6.45) is 1.83. The molecule has 2 atom stereocenters. The van der Waals surface area contributed by atoms with Gasteiger partial charge in [0.15, 0.2) is 0 Å². The summed E-state index contributed by atoms with van der Waals surface area (Å²) >= 11 is 0. The molecule has 0 spiro atoms. The minimum absolute atomic E-state index is 0.0175. The number of hydrogen-bond acceptors (Lipinski definition) is 3. The molecular weight excluding hydrogens is 134 g/mol. The third kappa shape index (κ3) is 1.68. The van der Waals surface area contributed by atoms with Gasteiger partial charge in [-0.15, -0.1) is 0 Å². The van der Waals surface area contributed by atoms with Crippen LogP contribution >= 0.6 is 0 Å². The van der Waals surface area contributed by atoms with Crippen LogP contribution in [0.3, 0.4) is 0 Å². The number of aliphatic carboxylic acids is 1. The molecule has 4 heteroatoms. The van der Waals surface area contributed by atoms with Crippen LogP contribution in [-0.4, -0.2) is 29.8 Å². The molecule has 10 heavy (non-hydrogen) atoms. The third-order valence-electron chi connectivity index (χ3n) is 1.68. The summed E-state index contributed by atoms with van der Waals surface area (Å²) in [5.74, 6) is -0.931. The van der Waals surface area contributed by atoms with Gasteiger partial charge in [-0.05, 0) is 12.8 Å². The van der Waals surface area contributed by atoms with E-state index in [-0.39, 0.29) is 18.8 Å². The van der Waals surface area contributed by atoms with Crippen molar-refractivity contribution in [2.45, 2.75) is 25.0 Å². The fraction of sp³-hybridized carbons (Fsp3) is 0.833. The number of carboxylic acid groups (broad SMARTS) is 1. The minimum Gasteiger partial charge on any atom is -0.480 e. The topological polar surface area (TPSA) is 72.5 Å². The van der Waals surface area contributed by atoms with Crippen molar-refractivity contribution >= 4 is 5.97 Å². The molecule has 0 aromatic carbocycles. The predicted molar refractivity (Wildman–Crippen MR) is 34.6 cm³/mol. The second kappa shape index (κ2) is 2.98. The second-order valence-corrected chi connectivity index (χ2v) is 2.48. The van der Waals surface area contributed by atoms with E-state index in [4.69, 9.17) is 15.6 Å². The van der Waals surface area contributed by atoms with Gasteiger partial charge in [0.05, 0.1) is 6.10 Å². The quantitative estimate of drug-likeness (QED) is 0.565. The fourth-order valence-electron chi connectivity index (χ4n) is 0.880. The van der Waals surface area contributed by atoms with Crippen LogP contribution in [0.1, 0.15) is 12.8 Å². The van der Waals surface area contributed by atoms with Gasteiger partial charge in [-0.1, -0.05) is 0 Å². The zero-order valence-electron chi connectivity index (χ0n) is 5.62. The molecule has 0 aromatic rings. The first kappa shape index (κ1) is 7.50. The lowest BCUT2D eigenvalue weighted by Gasteiger charge is -2.32. The molecule has 0 aliphatic heterocycles. The number of rotatable bonds is 3. The SMILES string of the molecule is NC1CCC1OCC(=O)O. The fourth-order valence-corrected chi connectivity index (χ4v) is 0.880. The molecule has 0 aromatic heterocycles. The molecule has 0 saturated heterocycles. The molecule has 1 aliphatic rings. The lowest BCUT2D eigenvalue weighted by molar-refractivity contribution is -0.146. The zero-order valence-corrected chi connectivity index (χ0v) is 5.62. The Kier molecular flexibility index (Phi) is 2.24. The summed E-state index contributed by atoms with van der Waals surface area (Å²) in [5.41, 5.74) is 5.49. The van der Waals surface area contributed by atoms with E-state index in [1.165, 1.54) is 0 Å². The largest absolute Gasteiger partial charge is 0.480 e. The van der Waals surface area contributed by atoms with Crippen LogP contribution in [-0.2, 0) is 9.53 Å². The van der Waals surface area contributed by atoms with Crippen LogP contribution in [0, 0.1) is 0 Å². The standard InChI is InChI=1S/C6H11NO3/c7-4-1-2-5(4)10-3-6(8)9/h4-5H,1-3,7H2,(H,8,9). The zero-order chi connectivity index (χ0) is 7.56. The number of nitrogens with two attached hydrogens (primary N) is 1. The molecule has 0 bridgehead atoms. The van der Waals surface area contributed by atoms with Gasteiger partial charge in [0, 0.05) is 6.04 Å². The highest BCUT2D eigenvalue weighted by Crippen LogP contribution is 2.20. The number of ether oxygens (including phenoxy) is 1. The first-order chi connectivity index (χ1) is 4.70. The summed E-state index contributed by atoms with van der Waals surface area (Å²) < 4.78 is 4.93. The molecular formula is C6H11NO3. The highest BCUT2D eigenvalue weighted by molar-refractivity contribution is 5.68. The Bertz CT molecular complexity index is 137. The van der Waals surface area contributed by atoms with Gasteiger partial charge < -0.3 is 15.6 Å². The van der Waals surface area contributed by atoms with Crippen molar-refractivity contribution in [3.8, 4) is 0 Å². The molecule has 1 fully saturated rings. The normalized spacial score (nSPS) is 31.3. The van der Waals surface area contributed by atoms with Crippen LogP contribution in [0.25, 0.3) is 0 Å². The Balaban J connectivity index is 2.08. The molecule has 0 amide bonds. The van der Waals surface area contributed by atoms with Gasteiger partial charge in [-0.2, -0.15) is 0 Å². The van der Waals surface area contributed by atoms with E-state index in [1.54, 1.807) is 0 Å². The predicted octanol–water partition coefficient (Wildman–Crippen LogP) is -0.423. The van der Waals surface area contributed by atoms with Crippen molar-refractivity contribution in [2.75, 3.05) is 6.61 Å². The van der Waals surface area contributed by atoms with E-state index < -0.39 is 5.97 Å². The third-order valence-corrected chi connectivity index (χ3v) is 1.68. The number of carboxylic acids is 1. The van der Waals surface area contributed by atoms with Crippen LogP contribution < -0.4 is 5.73 Å². The van der Waals surface area contributed by atoms with Crippen molar-refractivity contribution in [1.29, 1.82) is 0 Å². The van der Waals surface area contributed by atoms with Crippen molar-refractivity contribution in [3.63, 3.8) is 0 Å². The van der Waals surface area contributed by atoms with Crippen LogP contribution in [0.2, 0.25) is 0 Å². The van der Waals surface area contributed by atoms with E-state index >= 15 is 0 Å². The molecule has 2 unspecified atom stereocenters. The van der Waals surface area contributed by atoms with Gasteiger partial charge in [-0.25, -0.2) is 4.79 Å². The highest BCUT2D eigenvalue weighted by atomic mass is 16.5. The monoisotopic (exact) mass is 145 g/mol. The molecule has 3 N–H and O–H groups in total. The summed E-state index contributed by atoms with van der Waals surface area (Å²) in [6, 6.07) is 0.0550. The number of carbonyl (C=O) groups is 1. The van der Waals surface area contributed by atoms with Crippen molar-refractivity contribution < 1.29 is 14.6 Å². The summed E-state index contributed by atoms with van der Waals surface area (Å²) in [7, 11) is 0. The van der Waals surface area contributed by atoms with E-state index in [9.17, 15) is 4.79 Å². The average Bonchev–Trinajstić information content (AvgIpc) is 1.84. The first-order valence-electron chi connectivity index (χ1n) is 3.29. The van der Waals surface area contributed by atoms with Gasteiger partial charge in [0.1, 0.15) is 6.61 Å². The Morgan fingerprint density at radius 1 is 1.70 bits per heavy atom. The second-order valence-electron chi connectivity index (χ2n) is 2.48. The molecule has 1 aliphatic carbocycles. The Hall–Kier alpha value is -0.610. The number of hydrogen-bond donors (Lipinski definition) is 2. The summed E-state index contributed by atoms with van der Waals surface area (Å²) in [5, 5.41) is 8.20. The lowest BCUT2D eigenvalue weighted by atomic mass is 9.90. The maximum Gasteiger partial charge on any atom is 0.329 e. The first-order valence-corrected chi connectivity index (χ1v) is 3.29. The van der Waals surface area contributed by atoms with Gasteiger partial charge in [0.2, 0.25) is 0 Å². The van der Waals surface area contributed by atoms with Gasteiger partial charge in [0.25, 0.3) is 0 Å². The maximum absolute atomic E-state index is 9.98. The molecule has 4 nitrogen and oxygen atoms in total. The van der Waals surface area contributed by atoms with Crippen molar-refractivity contribution in [2.24, 2.45) is 5.73 Å². The van der Waals surface area contributed by atoms with E-state index in [1.807, 2.05) is 0 Å². The van der Waals surface area contributed by atoms with Crippen molar-refractivity contribution in [1.82, 2.24) is 0 Å². The molecule has 1 rings (SSSR count).